The first kappa shape index (κ1) is 13.2. The lowest BCUT2D eigenvalue weighted by molar-refractivity contribution is 0.0992. The summed E-state index contributed by atoms with van der Waals surface area (Å²) in [6.07, 6.45) is 3.21. The fourth-order valence-corrected chi connectivity index (χ4v) is 2.11. The van der Waals surface area contributed by atoms with Gasteiger partial charge in [0.05, 0.1) is 17.4 Å². The largest absolute Gasteiger partial charge is 0.294 e. The van der Waals surface area contributed by atoms with Crippen molar-refractivity contribution in [3.63, 3.8) is 0 Å². The molecule has 0 fully saturated rings. The molecule has 1 heterocycles. The fourth-order valence-electron chi connectivity index (χ4n) is 2.11. The Hall–Kier alpha value is -2.75. The van der Waals surface area contributed by atoms with Crippen molar-refractivity contribution in [2.75, 3.05) is 0 Å². The van der Waals surface area contributed by atoms with Gasteiger partial charge in [-0.2, -0.15) is 5.10 Å². The zero-order valence-corrected chi connectivity index (χ0v) is 11.2. The topological polar surface area (TPSA) is 34.9 Å². The summed E-state index contributed by atoms with van der Waals surface area (Å²) in [5, 5.41) is 4.17. The Morgan fingerprint density at radius 1 is 1.05 bits per heavy atom. The van der Waals surface area contributed by atoms with Crippen LogP contribution in [-0.2, 0) is 6.42 Å². The number of hydrogen-bond donors (Lipinski definition) is 0. The lowest BCUT2D eigenvalue weighted by Crippen LogP contribution is -2.04. The molecule has 3 rings (SSSR count). The van der Waals surface area contributed by atoms with Gasteiger partial charge in [-0.1, -0.05) is 36.4 Å². The normalized spacial score (nSPS) is 10.5. The third-order valence-electron chi connectivity index (χ3n) is 3.23. The first-order valence-corrected chi connectivity index (χ1v) is 6.61. The lowest BCUT2D eigenvalue weighted by atomic mass is 10.1. The summed E-state index contributed by atoms with van der Waals surface area (Å²) in [5.74, 6) is -0.511. The molecule has 104 valence electrons. The molecule has 0 radical (unpaired) electrons. The van der Waals surface area contributed by atoms with Crippen molar-refractivity contribution in [2.24, 2.45) is 0 Å². The monoisotopic (exact) mass is 280 g/mol. The number of benzene rings is 2. The van der Waals surface area contributed by atoms with E-state index < -0.39 is 0 Å². The minimum absolute atomic E-state index is 0.0349. The number of aromatic nitrogens is 2. The van der Waals surface area contributed by atoms with Gasteiger partial charge in [0.25, 0.3) is 0 Å². The van der Waals surface area contributed by atoms with Gasteiger partial charge in [0.1, 0.15) is 5.82 Å². The van der Waals surface area contributed by atoms with E-state index in [1.54, 1.807) is 29.1 Å². The number of Topliss-reactive ketones (excluding diaryl/α,β-unsaturated/α-hetero) is 1. The van der Waals surface area contributed by atoms with Crippen LogP contribution in [0.1, 0.15) is 15.9 Å². The van der Waals surface area contributed by atoms with E-state index in [1.807, 2.05) is 30.3 Å². The summed E-state index contributed by atoms with van der Waals surface area (Å²) >= 11 is 0. The molecule has 0 aliphatic heterocycles. The Morgan fingerprint density at radius 2 is 1.76 bits per heavy atom. The molecule has 3 aromatic rings. The average Bonchev–Trinajstić information content (AvgIpc) is 3.00. The molecule has 0 N–H and O–H groups in total. The van der Waals surface area contributed by atoms with Crippen LogP contribution >= 0.6 is 0 Å². The molecule has 3 nitrogen and oxygen atoms in total. The Kier molecular flexibility index (Phi) is 3.60. The molecule has 0 aliphatic carbocycles. The molecule has 0 saturated heterocycles. The summed E-state index contributed by atoms with van der Waals surface area (Å²) in [6, 6.07) is 15.8. The number of carbonyl (C=O) groups excluding carboxylic acids is 1. The van der Waals surface area contributed by atoms with Gasteiger partial charge in [-0.15, -0.1) is 0 Å². The van der Waals surface area contributed by atoms with Gasteiger partial charge in [0, 0.05) is 12.6 Å². The molecule has 0 saturated carbocycles. The molecule has 0 atom stereocenters. The predicted molar refractivity (Wildman–Crippen MR) is 78.0 cm³/mol. The molecule has 0 amide bonds. The highest BCUT2D eigenvalue weighted by atomic mass is 19.1. The van der Waals surface area contributed by atoms with Gasteiger partial charge in [-0.3, -0.25) is 4.79 Å². The van der Waals surface area contributed by atoms with Crippen LogP contribution in [0.3, 0.4) is 0 Å². The SMILES string of the molecule is O=C(Cc1ccccc1F)c1cnn(-c2ccccc2)c1. The third-order valence-corrected chi connectivity index (χ3v) is 3.23. The molecule has 0 spiro atoms. The summed E-state index contributed by atoms with van der Waals surface area (Å²) < 4.78 is 15.2. The van der Waals surface area contributed by atoms with Crippen molar-refractivity contribution in [3.05, 3.63) is 83.9 Å². The van der Waals surface area contributed by atoms with Gasteiger partial charge >= 0.3 is 0 Å². The van der Waals surface area contributed by atoms with Crippen LogP contribution in [0.25, 0.3) is 5.69 Å². The second-order valence-electron chi connectivity index (χ2n) is 4.70. The van der Waals surface area contributed by atoms with E-state index in [1.165, 1.54) is 12.3 Å². The van der Waals surface area contributed by atoms with Crippen LogP contribution < -0.4 is 0 Å². The molecule has 0 aliphatic rings. The molecular weight excluding hydrogens is 267 g/mol. The van der Waals surface area contributed by atoms with Crippen molar-refractivity contribution in [1.29, 1.82) is 0 Å². The van der Waals surface area contributed by atoms with E-state index >= 15 is 0 Å². The minimum Gasteiger partial charge on any atom is -0.294 e. The van der Waals surface area contributed by atoms with Crippen molar-refractivity contribution in [2.45, 2.75) is 6.42 Å². The number of ketones is 1. The third kappa shape index (κ3) is 2.89. The summed E-state index contributed by atoms with van der Waals surface area (Å²) in [7, 11) is 0. The molecular formula is C17H13FN2O. The average molecular weight is 280 g/mol. The van der Waals surface area contributed by atoms with E-state index in [9.17, 15) is 9.18 Å². The number of carbonyl (C=O) groups is 1. The quantitative estimate of drug-likeness (QED) is 0.686. The van der Waals surface area contributed by atoms with Gasteiger partial charge < -0.3 is 0 Å². The van der Waals surface area contributed by atoms with Gasteiger partial charge in [-0.05, 0) is 23.8 Å². The first-order chi connectivity index (χ1) is 10.2. The lowest BCUT2D eigenvalue weighted by Gasteiger charge is -2.01. The van der Waals surface area contributed by atoms with E-state index in [0.29, 0.717) is 11.1 Å². The second kappa shape index (κ2) is 5.71. The maximum atomic E-state index is 13.6. The zero-order valence-electron chi connectivity index (χ0n) is 11.2. The van der Waals surface area contributed by atoms with Crippen molar-refractivity contribution in [1.82, 2.24) is 9.78 Å². The van der Waals surface area contributed by atoms with Gasteiger partial charge in [-0.25, -0.2) is 9.07 Å². The smallest absolute Gasteiger partial charge is 0.170 e. The Bertz CT molecular complexity index is 765. The van der Waals surface area contributed by atoms with Gasteiger partial charge in [0.15, 0.2) is 5.78 Å². The van der Waals surface area contributed by atoms with Crippen LogP contribution in [0.5, 0.6) is 0 Å². The van der Waals surface area contributed by atoms with Crippen LogP contribution in [0, 0.1) is 5.82 Å². The fraction of sp³-hybridized carbons (Fsp3) is 0.0588. The number of halogens is 1. The number of para-hydroxylation sites is 1. The standard InChI is InChI=1S/C17H13FN2O/c18-16-9-5-4-6-13(16)10-17(21)14-11-19-20(12-14)15-7-2-1-3-8-15/h1-9,11-12H,10H2. The van der Waals surface area contributed by atoms with Crippen LogP contribution in [0.4, 0.5) is 4.39 Å². The summed E-state index contributed by atoms with van der Waals surface area (Å²) in [4.78, 5) is 12.2. The molecule has 1 aromatic heterocycles. The maximum absolute atomic E-state index is 13.6. The van der Waals surface area contributed by atoms with E-state index in [4.69, 9.17) is 0 Å². The zero-order chi connectivity index (χ0) is 14.7. The molecule has 21 heavy (non-hydrogen) atoms. The second-order valence-corrected chi connectivity index (χ2v) is 4.70. The molecule has 0 unspecified atom stereocenters. The molecule has 4 heteroatoms. The molecule has 2 aromatic carbocycles. The van der Waals surface area contributed by atoms with Crippen molar-refractivity contribution in [3.8, 4) is 5.69 Å². The number of rotatable bonds is 4. The summed E-state index contributed by atoms with van der Waals surface area (Å²) in [5.41, 5.74) is 1.75. The van der Waals surface area contributed by atoms with Crippen LogP contribution in [0.15, 0.2) is 67.0 Å². The predicted octanol–water partition coefficient (Wildman–Crippen LogP) is 3.44. The highest BCUT2D eigenvalue weighted by molar-refractivity contribution is 5.97. The highest BCUT2D eigenvalue weighted by Gasteiger charge is 2.12. The Labute approximate surface area is 121 Å². The number of hydrogen-bond acceptors (Lipinski definition) is 2. The van der Waals surface area contributed by atoms with E-state index in [-0.39, 0.29) is 18.0 Å². The highest BCUT2D eigenvalue weighted by Crippen LogP contribution is 2.13. The van der Waals surface area contributed by atoms with E-state index in [2.05, 4.69) is 5.10 Å². The summed E-state index contributed by atoms with van der Waals surface area (Å²) in [6.45, 7) is 0. The minimum atomic E-state index is -0.360. The van der Waals surface area contributed by atoms with Crippen LogP contribution in [0.2, 0.25) is 0 Å². The number of nitrogens with zero attached hydrogens (tertiary/aromatic N) is 2. The molecule has 0 bridgehead atoms. The van der Waals surface area contributed by atoms with Crippen LogP contribution in [-0.4, -0.2) is 15.6 Å². The van der Waals surface area contributed by atoms with E-state index in [0.717, 1.165) is 5.69 Å². The van der Waals surface area contributed by atoms with Crippen molar-refractivity contribution < 1.29 is 9.18 Å². The Balaban J connectivity index is 1.80. The first-order valence-electron chi connectivity index (χ1n) is 6.61. The maximum Gasteiger partial charge on any atom is 0.170 e. The van der Waals surface area contributed by atoms with Gasteiger partial charge in [0.2, 0.25) is 0 Å². The Morgan fingerprint density at radius 3 is 2.52 bits per heavy atom. The van der Waals surface area contributed by atoms with Crippen molar-refractivity contribution >= 4 is 5.78 Å².